The second-order valence-electron chi connectivity index (χ2n) is 6.16. The first-order valence-corrected chi connectivity index (χ1v) is 8.49. The van der Waals surface area contributed by atoms with Gasteiger partial charge in [-0.25, -0.2) is 0 Å². The number of aliphatic imine (C=N–C) groups is 1. The number of nitrogens with two attached hydrogens (primary N) is 1. The van der Waals surface area contributed by atoms with Crippen molar-refractivity contribution in [2.75, 3.05) is 13.1 Å². The van der Waals surface area contributed by atoms with Gasteiger partial charge in [-0.05, 0) is 35.9 Å². The molecule has 0 spiro atoms. The molecule has 1 aromatic heterocycles. The Morgan fingerprint density at radius 3 is 2.61 bits per heavy atom. The second-order valence-corrected chi connectivity index (χ2v) is 7.19. The van der Waals surface area contributed by atoms with Crippen molar-refractivity contribution >= 4 is 41.3 Å². The highest BCUT2D eigenvalue weighted by atomic mass is 127. The van der Waals surface area contributed by atoms with E-state index < -0.39 is 0 Å². The minimum Gasteiger partial charge on any atom is -0.370 e. The number of aryl methyl sites for hydroxylation is 1. The molecule has 23 heavy (non-hydrogen) atoms. The maximum Gasteiger partial charge on any atom is 0.188 e. The molecule has 0 saturated carbocycles. The van der Waals surface area contributed by atoms with Gasteiger partial charge >= 0.3 is 0 Å². The van der Waals surface area contributed by atoms with Crippen LogP contribution >= 0.6 is 35.3 Å². The lowest BCUT2D eigenvalue weighted by atomic mass is 9.82. The van der Waals surface area contributed by atoms with Gasteiger partial charge in [0.1, 0.15) is 0 Å². The highest BCUT2D eigenvalue weighted by Gasteiger charge is 2.21. The fourth-order valence-electron chi connectivity index (χ4n) is 2.52. The number of nitrogens with zero attached hydrogens (tertiary/aromatic N) is 1. The summed E-state index contributed by atoms with van der Waals surface area (Å²) in [5.74, 6) is 0.526. The third kappa shape index (κ3) is 6.14. The van der Waals surface area contributed by atoms with Crippen LogP contribution in [0.15, 0.2) is 46.8 Å². The summed E-state index contributed by atoms with van der Waals surface area (Å²) in [7, 11) is 0. The van der Waals surface area contributed by atoms with Crippen molar-refractivity contribution in [2.24, 2.45) is 10.7 Å². The average Bonchev–Trinajstić information content (AvgIpc) is 2.99. The first kappa shape index (κ1) is 20.0. The lowest BCUT2D eigenvalue weighted by Crippen LogP contribution is -2.35. The van der Waals surface area contributed by atoms with Crippen molar-refractivity contribution < 1.29 is 0 Å². The van der Waals surface area contributed by atoms with Crippen molar-refractivity contribution in [3.05, 3.63) is 57.8 Å². The molecular weight excluding hydrogens is 417 g/mol. The van der Waals surface area contributed by atoms with Crippen LogP contribution in [0, 0.1) is 6.92 Å². The lowest BCUT2D eigenvalue weighted by Gasteiger charge is -2.25. The molecule has 126 valence electrons. The van der Waals surface area contributed by atoms with Crippen molar-refractivity contribution in [3.63, 3.8) is 0 Å². The summed E-state index contributed by atoms with van der Waals surface area (Å²) in [6.45, 7) is 8.05. The Kier molecular flexibility index (Phi) is 8.05. The number of halogens is 1. The molecule has 0 atom stereocenters. The first-order valence-electron chi connectivity index (χ1n) is 7.61. The number of rotatable bonds is 6. The summed E-state index contributed by atoms with van der Waals surface area (Å²) in [5.41, 5.74) is 8.58. The van der Waals surface area contributed by atoms with Gasteiger partial charge in [0.2, 0.25) is 0 Å². The van der Waals surface area contributed by atoms with E-state index in [1.807, 2.05) is 0 Å². The van der Waals surface area contributed by atoms with Crippen molar-refractivity contribution in [1.29, 1.82) is 0 Å². The van der Waals surface area contributed by atoms with E-state index in [0.717, 1.165) is 13.0 Å². The maximum atomic E-state index is 5.98. The minimum atomic E-state index is -0.0224. The van der Waals surface area contributed by atoms with Crippen LogP contribution in [0.2, 0.25) is 0 Å². The van der Waals surface area contributed by atoms with Gasteiger partial charge in [0.05, 0.1) is 6.54 Å². The Hall–Kier alpha value is -1.08. The van der Waals surface area contributed by atoms with E-state index in [1.165, 1.54) is 16.0 Å². The molecule has 0 aliphatic heterocycles. The summed E-state index contributed by atoms with van der Waals surface area (Å²) in [4.78, 5) is 5.88. The van der Waals surface area contributed by atoms with E-state index in [-0.39, 0.29) is 29.4 Å². The third-order valence-electron chi connectivity index (χ3n) is 3.78. The zero-order valence-electron chi connectivity index (χ0n) is 14.0. The predicted molar refractivity (Wildman–Crippen MR) is 112 cm³/mol. The Labute approximate surface area is 160 Å². The molecule has 0 saturated heterocycles. The summed E-state index contributed by atoms with van der Waals surface area (Å²) >= 11 is 1.77. The van der Waals surface area contributed by atoms with Gasteiger partial charge in [-0.1, -0.05) is 44.2 Å². The molecule has 3 N–H and O–H groups in total. The molecule has 0 radical (unpaired) electrons. The molecule has 3 nitrogen and oxygen atoms in total. The number of nitrogens with one attached hydrogen (secondary N) is 1. The van der Waals surface area contributed by atoms with Crippen LogP contribution in [-0.2, 0) is 11.8 Å². The van der Waals surface area contributed by atoms with Crippen molar-refractivity contribution in [3.8, 4) is 0 Å². The number of guanidine groups is 1. The SMILES string of the molecule is Cc1ccccc1C(C)(C)CN=C(N)NCCc1cccs1.I. The molecular formula is C18H26IN3S. The Bertz CT molecular complexity index is 621. The highest BCUT2D eigenvalue weighted by Crippen LogP contribution is 2.26. The molecule has 2 rings (SSSR count). The van der Waals surface area contributed by atoms with Gasteiger partial charge in [-0.2, -0.15) is 0 Å². The first-order chi connectivity index (χ1) is 10.5. The van der Waals surface area contributed by atoms with Gasteiger partial charge in [0.25, 0.3) is 0 Å². The number of hydrogen-bond donors (Lipinski definition) is 2. The summed E-state index contributed by atoms with van der Waals surface area (Å²) in [6.07, 6.45) is 0.981. The van der Waals surface area contributed by atoms with Gasteiger partial charge in [0.15, 0.2) is 5.96 Å². The summed E-state index contributed by atoms with van der Waals surface area (Å²) in [5, 5.41) is 5.29. The summed E-state index contributed by atoms with van der Waals surface area (Å²) < 4.78 is 0. The Morgan fingerprint density at radius 2 is 1.96 bits per heavy atom. The van der Waals surface area contributed by atoms with Crippen LogP contribution < -0.4 is 11.1 Å². The predicted octanol–water partition coefficient (Wildman–Crippen LogP) is 4.10. The van der Waals surface area contributed by atoms with Crippen LogP contribution in [0.25, 0.3) is 0 Å². The summed E-state index contributed by atoms with van der Waals surface area (Å²) in [6, 6.07) is 12.7. The molecule has 0 fully saturated rings. The maximum absolute atomic E-state index is 5.98. The van der Waals surface area contributed by atoms with Crippen LogP contribution in [0.1, 0.15) is 29.9 Å². The number of benzene rings is 1. The average molecular weight is 443 g/mol. The monoisotopic (exact) mass is 443 g/mol. The van der Waals surface area contributed by atoms with Crippen molar-refractivity contribution in [1.82, 2.24) is 5.32 Å². The lowest BCUT2D eigenvalue weighted by molar-refractivity contribution is 0.535. The van der Waals surface area contributed by atoms with E-state index in [9.17, 15) is 0 Å². The van der Waals surface area contributed by atoms with Gasteiger partial charge in [0, 0.05) is 16.8 Å². The number of hydrogen-bond acceptors (Lipinski definition) is 2. The molecule has 0 bridgehead atoms. The quantitative estimate of drug-likeness (QED) is 0.401. The largest absolute Gasteiger partial charge is 0.370 e. The molecule has 0 aliphatic carbocycles. The van der Waals surface area contributed by atoms with Crippen LogP contribution in [0.4, 0.5) is 0 Å². The molecule has 1 aromatic carbocycles. The van der Waals surface area contributed by atoms with Gasteiger partial charge < -0.3 is 11.1 Å². The molecule has 2 aromatic rings. The highest BCUT2D eigenvalue weighted by molar-refractivity contribution is 14.0. The number of thiophene rings is 1. The molecule has 0 unspecified atom stereocenters. The fraction of sp³-hybridized carbons (Fsp3) is 0.389. The van der Waals surface area contributed by atoms with Gasteiger partial charge in [-0.3, -0.25) is 4.99 Å². The Balaban J connectivity index is 0.00000264. The molecule has 5 heteroatoms. The van der Waals surface area contributed by atoms with Gasteiger partial charge in [-0.15, -0.1) is 35.3 Å². The zero-order valence-corrected chi connectivity index (χ0v) is 17.2. The third-order valence-corrected chi connectivity index (χ3v) is 4.71. The molecule has 0 aliphatic rings. The van der Waals surface area contributed by atoms with E-state index in [0.29, 0.717) is 12.5 Å². The van der Waals surface area contributed by atoms with E-state index in [4.69, 9.17) is 5.73 Å². The van der Waals surface area contributed by atoms with Crippen LogP contribution in [0.3, 0.4) is 0 Å². The standard InChI is InChI=1S/C18H25N3S.HI/c1-14-7-4-5-9-16(14)18(2,3)13-21-17(19)20-11-10-15-8-6-12-22-15;/h4-9,12H,10-11,13H2,1-3H3,(H3,19,20,21);1H. The van der Waals surface area contributed by atoms with Crippen LogP contribution in [-0.4, -0.2) is 19.0 Å². The minimum absolute atomic E-state index is 0. The zero-order chi connectivity index (χ0) is 16.0. The fourth-order valence-corrected chi connectivity index (χ4v) is 3.23. The smallest absolute Gasteiger partial charge is 0.188 e. The molecule has 0 amide bonds. The van der Waals surface area contributed by atoms with Crippen molar-refractivity contribution in [2.45, 2.75) is 32.6 Å². The molecule has 1 heterocycles. The topological polar surface area (TPSA) is 50.4 Å². The van der Waals surface area contributed by atoms with Crippen LogP contribution in [0.5, 0.6) is 0 Å². The normalized spacial score (nSPS) is 11.9. The van der Waals surface area contributed by atoms with E-state index in [2.05, 4.69) is 72.9 Å². The van der Waals surface area contributed by atoms with E-state index in [1.54, 1.807) is 11.3 Å². The van der Waals surface area contributed by atoms with E-state index >= 15 is 0 Å². The second kappa shape index (κ2) is 9.27. The Morgan fingerprint density at radius 1 is 1.22 bits per heavy atom.